The Balaban J connectivity index is 1.47. The van der Waals surface area contributed by atoms with E-state index in [0.29, 0.717) is 11.5 Å². The van der Waals surface area contributed by atoms with E-state index >= 15 is 0 Å². The fourth-order valence-corrected chi connectivity index (χ4v) is 3.33. The summed E-state index contributed by atoms with van der Waals surface area (Å²) in [7, 11) is 0. The summed E-state index contributed by atoms with van der Waals surface area (Å²) in [4.78, 5) is 2.72. The van der Waals surface area contributed by atoms with Gasteiger partial charge in [-0.05, 0) is 51.4 Å². The molecule has 1 saturated heterocycles. The third-order valence-corrected chi connectivity index (χ3v) is 4.80. The van der Waals surface area contributed by atoms with Gasteiger partial charge in [0.2, 0.25) is 0 Å². The van der Waals surface area contributed by atoms with E-state index in [1.165, 1.54) is 45.3 Å². The number of fused-ring (bicyclic) bond motifs is 1. The van der Waals surface area contributed by atoms with Gasteiger partial charge in [-0.2, -0.15) is 0 Å². The third-order valence-electron chi connectivity index (χ3n) is 4.80. The van der Waals surface area contributed by atoms with Gasteiger partial charge in [-0.25, -0.2) is 0 Å². The monoisotopic (exact) mass is 223 g/mol. The Morgan fingerprint density at radius 2 is 1.81 bits per heavy atom. The molecule has 16 heavy (non-hydrogen) atoms. The standard InChI is InChI=1S/C14H25NO/c1-11(2)16-10-14(5-6-14)9-15-7-12-3-4-13(12)8-15/h11-13H,3-10H2,1-2H3. The van der Waals surface area contributed by atoms with Crippen molar-refractivity contribution in [3.63, 3.8) is 0 Å². The summed E-state index contributed by atoms with van der Waals surface area (Å²) in [5, 5.41) is 0. The van der Waals surface area contributed by atoms with E-state index < -0.39 is 0 Å². The van der Waals surface area contributed by atoms with E-state index in [1.807, 2.05) is 0 Å². The van der Waals surface area contributed by atoms with Crippen molar-refractivity contribution in [1.29, 1.82) is 0 Å². The van der Waals surface area contributed by atoms with Crippen molar-refractivity contribution in [2.24, 2.45) is 17.3 Å². The zero-order chi connectivity index (χ0) is 11.2. The van der Waals surface area contributed by atoms with Crippen LogP contribution in [-0.2, 0) is 4.74 Å². The number of likely N-dealkylation sites (tertiary alicyclic amines) is 1. The second-order valence-electron chi connectivity index (χ2n) is 6.65. The number of hydrogen-bond acceptors (Lipinski definition) is 2. The van der Waals surface area contributed by atoms with Crippen molar-refractivity contribution in [3.8, 4) is 0 Å². The van der Waals surface area contributed by atoms with Gasteiger partial charge in [0.05, 0.1) is 12.7 Å². The van der Waals surface area contributed by atoms with Gasteiger partial charge in [0.15, 0.2) is 0 Å². The van der Waals surface area contributed by atoms with Crippen LogP contribution in [0.4, 0.5) is 0 Å². The van der Waals surface area contributed by atoms with E-state index in [1.54, 1.807) is 0 Å². The number of hydrogen-bond donors (Lipinski definition) is 0. The predicted octanol–water partition coefficient (Wildman–Crippen LogP) is 2.53. The van der Waals surface area contributed by atoms with E-state index in [4.69, 9.17) is 4.74 Å². The predicted molar refractivity (Wildman–Crippen MR) is 65.4 cm³/mol. The lowest BCUT2D eigenvalue weighted by Gasteiger charge is -2.28. The molecular weight excluding hydrogens is 198 g/mol. The second kappa shape index (κ2) is 3.99. The molecule has 0 radical (unpaired) electrons. The van der Waals surface area contributed by atoms with Crippen LogP contribution in [0.3, 0.4) is 0 Å². The van der Waals surface area contributed by atoms with Crippen LogP contribution in [0, 0.1) is 17.3 Å². The molecule has 3 rings (SSSR count). The van der Waals surface area contributed by atoms with Crippen molar-refractivity contribution >= 4 is 0 Å². The number of rotatable bonds is 5. The first kappa shape index (κ1) is 11.0. The average Bonchev–Trinajstić information content (AvgIpc) is 2.92. The van der Waals surface area contributed by atoms with Gasteiger partial charge < -0.3 is 9.64 Å². The first-order valence-corrected chi connectivity index (χ1v) is 7.01. The molecule has 3 fully saturated rings. The maximum absolute atomic E-state index is 5.82. The summed E-state index contributed by atoms with van der Waals surface area (Å²) < 4.78 is 5.82. The van der Waals surface area contributed by atoms with Crippen LogP contribution in [0.15, 0.2) is 0 Å². The number of ether oxygens (including phenoxy) is 1. The first-order chi connectivity index (χ1) is 7.67. The van der Waals surface area contributed by atoms with E-state index in [9.17, 15) is 0 Å². The molecule has 0 N–H and O–H groups in total. The van der Waals surface area contributed by atoms with E-state index in [2.05, 4.69) is 18.7 Å². The van der Waals surface area contributed by atoms with Gasteiger partial charge >= 0.3 is 0 Å². The van der Waals surface area contributed by atoms with Gasteiger partial charge in [0.25, 0.3) is 0 Å². The van der Waals surface area contributed by atoms with Gasteiger partial charge in [0.1, 0.15) is 0 Å². The molecule has 2 unspecified atom stereocenters. The molecular formula is C14H25NO. The van der Waals surface area contributed by atoms with Gasteiger partial charge in [0, 0.05) is 25.0 Å². The van der Waals surface area contributed by atoms with E-state index in [-0.39, 0.29) is 0 Å². The maximum atomic E-state index is 5.82. The van der Waals surface area contributed by atoms with Crippen LogP contribution in [0.2, 0.25) is 0 Å². The minimum atomic E-state index is 0.396. The molecule has 1 aliphatic heterocycles. The van der Waals surface area contributed by atoms with Crippen molar-refractivity contribution in [3.05, 3.63) is 0 Å². The van der Waals surface area contributed by atoms with Crippen LogP contribution in [0.5, 0.6) is 0 Å². The van der Waals surface area contributed by atoms with Crippen LogP contribution in [0.25, 0.3) is 0 Å². The lowest BCUT2D eigenvalue weighted by atomic mass is 9.77. The SMILES string of the molecule is CC(C)OCC1(CN2CC3CCC3C2)CC1. The van der Waals surface area contributed by atoms with Crippen molar-refractivity contribution in [2.75, 3.05) is 26.2 Å². The normalized spacial score (nSPS) is 36.2. The molecule has 2 atom stereocenters. The van der Waals surface area contributed by atoms with Gasteiger partial charge in [-0.1, -0.05) is 0 Å². The quantitative estimate of drug-likeness (QED) is 0.710. The molecule has 0 aromatic carbocycles. The molecule has 0 aromatic heterocycles. The Kier molecular flexibility index (Phi) is 2.75. The minimum Gasteiger partial charge on any atom is -0.378 e. The molecule has 92 valence electrons. The molecule has 1 heterocycles. The molecule has 0 aromatic rings. The Labute approximate surface area is 99.3 Å². The summed E-state index contributed by atoms with van der Waals surface area (Å²) in [6.45, 7) is 9.36. The molecule has 0 amide bonds. The Morgan fingerprint density at radius 1 is 1.19 bits per heavy atom. The van der Waals surface area contributed by atoms with Crippen LogP contribution in [0.1, 0.15) is 39.5 Å². The topological polar surface area (TPSA) is 12.5 Å². The smallest absolute Gasteiger partial charge is 0.0538 e. The van der Waals surface area contributed by atoms with Crippen LogP contribution in [-0.4, -0.2) is 37.2 Å². The summed E-state index contributed by atoms with van der Waals surface area (Å²) in [6.07, 6.45) is 6.18. The summed E-state index contributed by atoms with van der Waals surface area (Å²) >= 11 is 0. The molecule has 2 heteroatoms. The lowest BCUT2D eigenvalue weighted by molar-refractivity contribution is 0.0331. The van der Waals surface area contributed by atoms with E-state index in [0.717, 1.165) is 18.4 Å². The zero-order valence-corrected chi connectivity index (χ0v) is 10.7. The number of nitrogens with zero attached hydrogens (tertiary/aromatic N) is 1. The largest absolute Gasteiger partial charge is 0.378 e. The van der Waals surface area contributed by atoms with Gasteiger partial charge in [-0.15, -0.1) is 0 Å². The fourth-order valence-electron chi connectivity index (χ4n) is 3.33. The highest BCUT2D eigenvalue weighted by Gasteiger charge is 2.47. The molecule has 0 bridgehead atoms. The van der Waals surface area contributed by atoms with Crippen molar-refractivity contribution in [1.82, 2.24) is 4.90 Å². The first-order valence-electron chi connectivity index (χ1n) is 7.01. The second-order valence-corrected chi connectivity index (χ2v) is 6.65. The van der Waals surface area contributed by atoms with Crippen LogP contribution < -0.4 is 0 Å². The highest BCUT2D eigenvalue weighted by Crippen LogP contribution is 2.49. The summed E-state index contributed by atoms with van der Waals surface area (Å²) in [5.41, 5.74) is 0.550. The highest BCUT2D eigenvalue weighted by molar-refractivity contribution is 4.99. The maximum Gasteiger partial charge on any atom is 0.0538 e. The average molecular weight is 223 g/mol. The minimum absolute atomic E-state index is 0.396. The Bertz CT molecular complexity index is 247. The lowest BCUT2D eigenvalue weighted by Crippen LogP contribution is -2.31. The Hall–Kier alpha value is -0.0800. The summed E-state index contributed by atoms with van der Waals surface area (Å²) in [5.74, 6) is 2.11. The molecule has 2 nitrogen and oxygen atoms in total. The molecule has 0 spiro atoms. The molecule has 2 aliphatic carbocycles. The van der Waals surface area contributed by atoms with Crippen LogP contribution >= 0.6 is 0 Å². The molecule has 3 aliphatic rings. The zero-order valence-electron chi connectivity index (χ0n) is 10.7. The third kappa shape index (κ3) is 2.14. The van der Waals surface area contributed by atoms with Gasteiger partial charge in [-0.3, -0.25) is 0 Å². The van der Waals surface area contributed by atoms with Crippen molar-refractivity contribution < 1.29 is 4.74 Å². The highest BCUT2D eigenvalue weighted by atomic mass is 16.5. The Morgan fingerprint density at radius 3 is 2.25 bits per heavy atom. The van der Waals surface area contributed by atoms with Crippen molar-refractivity contribution in [2.45, 2.75) is 45.6 Å². The summed E-state index contributed by atoms with van der Waals surface area (Å²) in [6, 6.07) is 0. The fraction of sp³-hybridized carbons (Fsp3) is 1.00. The molecule has 2 saturated carbocycles.